The van der Waals surface area contributed by atoms with Crippen molar-refractivity contribution in [2.75, 3.05) is 14.2 Å². The summed E-state index contributed by atoms with van der Waals surface area (Å²) < 4.78 is 11.4. The molecule has 1 saturated carbocycles. The predicted molar refractivity (Wildman–Crippen MR) is 90.2 cm³/mol. The molecular weight excluding hydrogens is 374 g/mol. The summed E-state index contributed by atoms with van der Waals surface area (Å²) in [4.78, 5) is 0. The summed E-state index contributed by atoms with van der Waals surface area (Å²) in [5.74, 6) is 0.884. The van der Waals surface area contributed by atoms with Gasteiger partial charge in [-0.05, 0) is 40.5 Å². The van der Waals surface area contributed by atoms with Gasteiger partial charge in [-0.3, -0.25) is 0 Å². The zero-order chi connectivity index (χ0) is 15.4. The van der Waals surface area contributed by atoms with Gasteiger partial charge in [-0.15, -0.1) is 13.7 Å². The quantitative estimate of drug-likeness (QED) is 0.720. The molecule has 0 heterocycles. The van der Waals surface area contributed by atoms with Gasteiger partial charge in [0.1, 0.15) is 11.5 Å². The van der Waals surface area contributed by atoms with E-state index in [0.29, 0.717) is 32.2 Å². The van der Waals surface area contributed by atoms with E-state index in [1.54, 1.807) is 13.2 Å². The minimum Gasteiger partial charge on any atom is -0.823 e. The van der Waals surface area contributed by atoms with Gasteiger partial charge in [0.05, 0.1) is 29.3 Å². The van der Waals surface area contributed by atoms with Crippen LogP contribution in [0, 0.1) is 0 Å². The maximum Gasteiger partial charge on any atom is 0.147 e. The molecule has 2 rings (SSSR count). The van der Waals surface area contributed by atoms with E-state index in [0.717, 1.165) is 21.0 Å². The summed E-state index contributed by atoms with van der Waals surface area (Å²) in [7, 11) is 3.87. The lowest BCUT2D eigenvalue weighted by Crippen LogP contribution is -2.21. The second-order valence-electron chi connectivity index (χ2n) is 5.01. The largest absolute Gasteiger partial charge is 0.823 e. The van der Waals surface area contributed by atoms with E-state index >= 15 is 0 Å². The number of ether oxygens (including phenoxy) is 2. The molecule has 1 aliphatic rings. The van der Waals surface area contributed by atoms with Gasteiger partial charge in [0.25, 0.3) is 0 Å². The molecule has 0 aliphatic heterocycles. The summed E-state index contributed by atoms with van der Waals surface area (Å²) in [6.45, 7) is 0. The number of methoxy groups -OCH3 is 2. The molecule has 0 unspecified atom stereocenters. The Labute approximate surface area is 140 Å². The van der Waals surface area contributed by atoms with Crippen molar-refractivity contribution < 1.29 is 14.6 Å². The molecule has 0 N–H and O–H groups in total. The third-order valence-electron chi connectivity index (χ3n) is 3.64. The number of halogens is 2. The van der Waals surface area contributed by atoms with Crippen LogP contribution in [0.1, 0.15) is 37.7 Å². The number of benzene rings is 1. The smallest absolute Gasteiger partial charge is 0.147 e. The standard InChI is InChI=1S/C15H19BrClO3P/c1-19-13-10(16)8-11(17)14(20-2)12(13)15(18)21-9-6-4-3-5-7-9/h8-9,18H,3-7H2,1-2H3/p-1. The lowest BCUT2D eigenvalue weighted by Gasteiger charge is -2.25. The van der Waals surface area contributed by atoms with Gasteiger partial charge in [-0.1, -0.05) is 30.9 Å². The lowest BCUT2D eigenvalue weighted by molar-refractivity contribution is -0.207. The highest BCUT2D eigenvalue weighted by Gasteiger charge is 2.19. The first-order valence-electron chi connectivity index (χ1n) is 6.93. The predicted octanol–water partition coefficient (Wildman–Crippen LogP) is 4.24. The molecule has 0 atom stereocenters. The van der Waals surface area contributed by atoms with Crippen LogP contribution in [-0.4, -0.2) is 25.4 Å². The Hall–Kier alpha value is -0.280. The Morgan fingerprint density at radius 1 is 1.24 bits per heavy atom. The number of hydrogen-bond acceptors (Lipinski definition) is 3. The van der Waals surface area contributed by atoms with Crippen molar-refractivity contribution in [2.24, 2.45) is 0 Å². The van der Waals surface area contributed by atoms with Crippen molar-refractivity contribution in [2.45, 2.75) is 37.8 Å². The summed E-state index contributed by atoms with van der Waals surface area (Å²) >= 11 is 9.58. The molecule has 116 valence electrons. The minimum atomic E-state index is 0.0128. The Morgan fingerprint density at radius 3 is 2.43 bits per heavy atom. The molecule has 6 heteroatoms. The van der Waals surface area contributed by atoms with Gasteiger partial charge in [0.2, 0.25) is 0 Å². The van der Waals surface area contributed by atoms with Crippen LogP contribution < -0.4 is 14.6 Å². The molecule has 0 aromatic heterocycles. The van der Waals surface area contributed by atoms with Crippen LogP contribution in [0.5, 0.6) is 11.5 Å². The van der Waals surface area contributed by atoms with Crippen molar-refractivity contribution in [1.82, 2.24) is 0 Å². The van der Waals surface area contributed by atoms with Gasteiger partial charge in [-0.25, -0.2) is 0 Å². The third-order valence-corrected chi connectivity index (χ3v) is 5.85. The number of rotatable bonds is 4. The fraction of sp³-hybridized carbons (Fsp3) is 0.533. The average molecular weight is 393 g/mol. The van der Waals surface area contributed by atoms with Gasteiger partial charge in [-0.2, -0.15) is 0 Å². The molecule has 1 aromatic rings. The second-order valence-corrected chi connectivity index (χ2v) is 7.66. The molecule has 1 aromatic carbocycles. The van der Waals surface area contributed by atoms with Crippen molar-refractivity contribution in [3.8, 4) is 11.5 Å². The van der Waals surface area contributed by atoms with E-state index in [1.165, 1.54) is 26.4 Å². The van der Waals surface area contributed by atoms with Crippen LogP contribution in [0.4, 0.5) is 0 Å². The van der Waals surface area contributed by atoms with E-state index in [9.17, 15) is 5.11 Å². The van der Waals surface area contributed by atoms with E-state index in [4.69, 9.17) is 21.1 Å². The molecule has 1 fully saturated rings. The normalized spacial score (nSPS) is 16.9. The van der Waals surface area contributed by atoms with E-state index < -0.39 is 0 Å². The van der Waals surface area contributed by atoms with E-state index in [1.807, 2.05) is 0 Å². The van der Waals surface area contributed by atoms with Gasteiger partial charge >= 0.3 is 0 Å². The monoisotopic (exact) mass is 391 g/mol. The second kappa shape index (κ2) is 7.82. The molecule has 0 radical (unpaired) electrons. The fourth-order valence-corrected chi connectivity index (χ4v) is 4.91. The molecule has 3 nitrogen and oxygen atoms in total. The molecule has 0 saturated heterocycles. The SMILES string of the molecule is COc1c(Cl)cc(Br)c(OC)c1C([O-])=PC1CCCCC1. The maximum atomic E-state index is 12.7. The van der Waals surface area contributed by atoms with E-state index in [-0.39, 0.29) is 5.48 Å². The van der Waals surface area contributed by atoms with Gasteiger partial charge in [0, 0.05) is 0 Å². The van der Waals surface area contributed by atoms with Gasteiger partial charge < -0.3 is 14.6 Å². The first-order valence-corrected chi connectivity index (χ1v) is 9.07. The van der Waals surface area contributed by atoms with Gasteiger partial charge in [0.15, 0.2) is 0 Å². The van der Waals surface area contributed by atoms with E-state index in [2.05, 4.69) is 15.9 Å². The summed E-state index contributed by atoms with van der Waals surface area (Å²) in [6, 6.07) is 1.69. The minimum absolute atomic E-state index is 0.0128. The van der Waals surface area contributed by atoms with Crippen molar-refractivity contribution in [3.63, 3.8) is 0 Å². The van der Waals surface area contributed by atoms with Crippen LogP contribution in [-0.2, 0) is 0 Å². The van der Waals surface area contributed by atoms with Crippen LogP contribution in [0.2, 0.25) is 5.02 Å². The lowest BCUT2D eigenvalue weighted by atomic mass is 10.0. The fourth-order valence-electron chi connectivity index (χ4n) is 2.62. The Balaban J connectivity index is 2.47. The van der Waals surface area contributed by atoms with Crippen molar-refractivity contribution in [3.05, 3.63) is 21.1 Å². The van der Waals surface area contributed by atoms with Crippen molar-refractivity contribution >= 4 is 41.2 Å². The van der Waals surface area contributed by atoms with Crippen LogP contribution in [0.15, 0.2) is 10.5 Å². The first kappa shape index (κ1) is 17.1. The Morgan fingerprint density at radius 2 is 1.86 bits per heavy atom. The summed E-state index contributed by atoms with van der Waals surface area (Å²) in [5, 5.41) is 13.1. The Bertz CT molecular complexity index is 514. The molecule has 0 amide bonds. The zero-order valence-electron chi connectivity index (χ0n) is 12.1. The highest BCUT2D eigenvalue weighted by molar-refractivity contribution is 9.10. The highest BCUT2D eigenvalue weighted by atomic mass is 79.9. The third kappa shape index (κ3) is 3.92. The molecule has 0 bridgehead atoms. The molecule has 0 spiro atoms. The molecule has 21 heavy (non-hydrogen) atoms. The maximum absolute atomic E-state index is 12.7. The average Bonchev–Trinajstić information content (AvgIpc) is 2.47. The topological polar surface area (TPSA) is 41.5 Å². The van der Waals surface area contributed by atoms with Crippen molar-refractivity contribution in [1.29, 1.82) is 0 Å². The molecule has 1 aliphatic carbocycles. The summed E-state index contributed by atoms with van der Waals surface area (Å²) in [5.41, 5.74) is 0.879. The van der Waals surface area contributed by atoms with Crippen LogP contribution >= 0.6 is 35.7 Å². The van der Waals surface area contributed by atoms with Crippen LogP contribution in [0.25, 0.3) is 0 Å². The summed E-state index contributed by atoms with van der Waals surface area (Å²) in [6.07, 6.45) is 5.91. The molecular formula is C15H18BrClO3P-. The Kier molecular flexibility index (Phi) is 6.36. The zero-order valence-corrected chi connectivity index (χ0v) is 15.4. The highest BCUT2D eigenvalue weighted by Crippen LogP contribution is 2.42. The van der Waals surface area contributed by atoms with Crippen LogP contribution in [0.3, 0.4) is 0 Å². The number of hydrogen-bond donors (Lipinski definition) is 0. The first-order chi connectivity index (χ1) is 10.1.